The number of aliphatic hydroxyl groups excluding tert-OH is 2. The number of phosphoric acid groups is 2. The third-order valence-electron chi connectivity index (χ3n) is 5.05. The molecule has 0 saturated carbocycles. The van der Waals surface area contributed by atoms with Crippen molar-refractivity contribution < 1.29 is 48.0 Å². The molecule has 192 valence electrons. The minimum Gasteiger partial charge on any atom is -0.394 e. The maximum Gasteiger partial charge on any atom is 0.470 e. The van der Waals surface area contributed by atoms with Crippen LogP contribution in [0.15, 0.2) is 21.7 Å². The first-order valence-electron chi connectivity index (χ1n) is 9.78. The lowest BCUT2D eigenvalue weighted by Gasteiger charge is -2.31. The Morgan fingerprint density at radius 2 is 1.63 bits per heavy atom. The number of aryl methyl sites for hydroxylation is 2. The summed E-state index contributed by atoms with van der Waals surface area (Å²) in [5.74, 6) is -0.292. The molecule has 0 aromatic heterocycles. The number of rotatable bonds is 9. The van der Waals surface area contributed by atoms with Crippen molar-refractivity contribution in [2.24, 2.45) is 0 Å². The lowest BCUT2D eigenvalue weighted by molar-refractivity contribution is -0.0739. The molecule has 35 heavy (non-hydrogen) atoms. The Kier molecular flexibility index (Phi) is 7.74. The van der Waals surface area contributed by atoms with Crippen LogP contribution in [0.4, 0.5) is 0 Å². The predicted molar refractivity (Wildman–Crippen MR) is 117 cm³/mol. The van der Waals surface area contributed by atoms with E-state index < -0.39 is 58.4 Å². The van der Waals surface area contributed by atoms with E-state index in [2.05, 4.69) is 19.0 Å². The maximum atomic E-state index is 12.4. The van der Waals surface area contributed by atoms with Crippen LogP contribution in [0.2, 0.25) is 0 Å². The Labute approximate surface area is 195 Å². The molecule has 18 heteroatoms. The summed E-state index contributed by atoms with van der Waals surface area (Å²) in [7, 11) is -10.7. The van der Waals surface area contributed by atoms with Crippen molar-refractivity contribution in [3.63, 3.8) is 0 Å². The number of H-pyrrole nitrogens is 1. The van der Waals surface area contributed by atoms with Crippen molar-refractivity contribution in [2.75, 3.05) is 6.61 Å². The molecule has 16 nitrogen and oxygen atoms in total. The van der Waals surface area contributed by atoms with Gasteiger partial charge >= 0.3 is 21.3 Å². The zero-order valence-corrected chi connectivity index (χ0v) is 20.0. The van der Waals surface area contributed by atoms with Gasteiger partial charge in [0.15, 0.2) is 11.5 Å². The third-order valence-corrected chi connectivity index (χ3v) is 6.11. The summed E-state index contributed by atoms with van der Waals surface area (Å²) in [6.07, 6.45) is -6.30. The number of nitrogens with zero attached hydrogens (tertiary/aromatic N) is 3. The number of hydrogen-bond acceptors (Lipinski definition) is 10. The summed E-state index contributed by atoms with van der Waals surface area (Å²) < 4.78 is 32.8. The zero-order chi connectivity index (χ0) is 26.3. The van der Waals surface area contributed by atoms with E-state index in [4.69, 9.17) is 9.79 Å². The van der Waals surface area contributed by atoms with Gasteiger partial charge in [-0.05, 0) is 37.1 Å². The van der Waals surface area contributed by atoms with E-state index in [-0.39, 0.29) is 22.6 Å². The molecule has 2 heterocycles. The monoisotopic (exact) mass is 536 g/mol. The zero-order valence-electron chi connectivity index (χ0n) is 18.2. The van der Waals surface area contributed by atoms with Crippen molar-refractivity contribution in [1.82, 2.24) is 19.5 Å². The van der Waals surface area contributed by atoms with E-state index in [0.717, 1.165) is 15.7 Å². The Morgan fingerprint density at radius 3 is 2.20 bits per heavy atom. The number of nitrogens with one attached hydrogen (secondary N) is 1. The normalized spacial score (nSPS) is 15.4. The lowest BCUT2D eigenvalue weighted by Crippen LogP contribution is -2.44. The van der Waals surface area contributed by atoms with Gasteiger partial charge in [-0.1, -0.05) is 0 Å². The summed E-state index contributed by atoms with van der Waals surface area (Å²) in [5, 5.41) is 20.4. The van der Waals surface area contributed by atoms with Crippen LogP contribution in [0.1, 0.15) is 11.1 Å². The fourth-order valence-corrected chi connectivity index (χ4v) is 4.58. The van der Waals surface area contributed by atoms with Crippen molar-refractivity contribution in [3.05, 3.63) is 44.1 Å². The summed E-state index contributed by atoms with van der Waals surface area (Å²) in [4.78, 5) is 70.9. The molecule has 0 bridgehead atoms. The second-order valence-electron chi connectivity index (χ2n) is 7.64. The Bertz CT molecular complexity index is 1430. The van der Waals surface area contributed by atoms with Gasteiger partial charge in [-0.2, -0.15) is 4.98 Å². The van der Waals surface area contributed by atoms with Crippen LogP contribution in [-0.2, 0) is 24.7 Å². The minimum absolute atomic E-state index is 0.247. The van der Waals surface area contributed by atoms with E-state index in [1.54, 1.807) is 26.0 Å². The average Bonchev–Trinajstić information content (AvgIpc) is 2.71. The molecule has 0 amide bonds. The molecule has 0 spiro atoms. The van der Waals surface area contributed by atoms with Gasteiger partial charge in [0.2, 0.25) is 0 Å². The lowest BCUT2D eigenvalue weighted by atomic mass is 10.1. The molecule has 2 aliphatic rings. The molecule has 0 saturated heterocycles. The second-order valence-corrected chi connectivity index (χ2v) is 10.0. The SMILES string of the molecule is Cc1cc2nc3c(=O)[nH]c(=O)nc-3n(C[C@H](O)[C@H](OP(=O)(O)O)[C@@H](CO)OP(=O)(O)O)c2cc1C. The molecule has 0 aliphatic carbocycles. The van der Waals surface area contributed by atoms with Gasteiger partial charge < -0.3 is 34.4 Å². The number of hydrogen-bond donors (Lipinski definition) is 7. The van der Waals surface area contributed by atoms with Crippen LogP contribution in [0.5, 0.6) is 0 Å². The molecule has 2 aliphatic heterocycles. The standard InChI is InChI=1S/C17H22N4O12P2/c1-7-3-9-10(4-8(7)2)21(15-13(18-9)16(24)20-17(25)19-15)5-11(23)14(33-35(29,30)31)12(6-22)32-34(26,27)28/h3-4,11-12,14,22-23H,5-6H2,1-2H3,(H,20,24,25)(H2,26,27,28)(H2,29,30,31)/t11-,12+,14-/m0/s1. The Morgan fingerprint density at radius 1 is 1.03 bits per heavy atom. The number of aliphatic hydroxyl groups is 2. The van der Waals surface area contributed by atoms with Gasteiger partial charge in [0.05, 0.1) is 24.2 Å². The van der Waals surface area contributed by atoms with Crippen LogP contribution in [0.3, 0.4) is 0 Å². The summed E-state index contributed by atoms with van der Waals surface area (Å²) in [5.41, 5.74) is -0.166. The molecular formula is C17H22N4O12P2. The fourth-order valence-electron chi connectivity index (χ4n) is 3.44. The van der Waals surface area contributed by atoms with Crippen LogP contribution < -0.4 is 11.2 Å². The third kappa shape index (κ3) is 6.45. The summed E-state index contributed by atoms with van der Waals surface area (Å²) in [6, 6.07) is 3.22. The molecule has 3 atom stereocenters. The summed E-state index contributed by atoms with van der Waals surface area (Å²) >= 11 is 0. The number of fused-ring (bicyclic) bond motifs is 2. The van der Waals surface area contributed by atoms with E-state index in [9.17, 15) is 38.7 Å². The van der Waals surface area contributed by atoms with Gasteiger partial charge in [-0.3, -0.25) is 18.8 Å². The highest BCUT2D eigenvalue weighted by Crippen LogP contribution is 2.44. The van der Waals surface area contributed by atoms with Gasteiger partial charge in [-0.15, -0.1) is 0 Å². The highest BCUT2D eigenvalue weighted by atomic mass is 31.2. The largest absolute Gasteiger partial charge is 0.470 e. The predicted octanol–water partition coefficient (Wildman–Crippen LogP) is -1.49. The van der Waals surface area contributed by atoms with Crippen molar-refractivity contribution in [1.29, 1.82) is 0 Å². The van der Waals surface area contributed by atoms with Crippen LogP contribution in [0, 0.1) is 13.8 Å². The summed E-state index contributed by atoms with van der Waals surface area (Å²) in [6.45, 7) is 1.63. The Hall–Kier alpha value is -2.36. The van der Waals surface area contributed by atoms with E-state index >= 15 is 0 Å². The maximum absolute atomic E-state index is 12.4. The first kappa shape index (κ1) is 27.2. The first-order valence-corrected chi connectivity index (χ1v) is 12.8. The number of aromatic amines is 1. The molecule has 0 fully saturated rings. The quantitative estimate of drug-likeness (QED) is 0.121. The van der Waals surface area contributed by atoms with Crippen molar-refractivity contribution in [2.45, 2.75) is 38.7 Å². The molecule has 0 unspecified atom stereocenters. The topological polar surface area (TPSA) is 255 Å². The highest BCUT2D eigenvalue weighted by molar-refractivity contribution is 7.46. The van der Waals surface area contributed by atoms with Gasteiger partial charge in [-0.25, -0.2) is 18.9 Å². The van der Waals surface area contributed by atoms with Gasteiger partial charge in [0, 0.05) is 0 Å². The van der Waals surface area contributed by atoms with Crippen LogP contribution in [-0.4, -0.2) is 74.2 Å². The molecule has 1 aromatic rings. The van der Waals surface area contributed by atoms with Crippen LogP contribution >= 0.6 is 15.6 Å². The van der Waals surface area contributed by atoms with E-state index in [0.29, 0.717) is 0 Å². The fraction of sp³-hybridized carbons (Fsp3) is 0.412. The van der Waals surface area contributed by atoms with Crippen molar-refractivity contribution >= 4 is 26.7 Å². The number of aromatic nitrogens is 4. The first-order chi connectivity index (χ1) is 16.1. The minimum atomic E-state index is -5.39. The molecular weight excluding hydrogens is 514 g/mol. The highest BCUT2D eigenvalue weighted by Gasteiger charge is 2.39. The number of phosphoric ester groups is 2. The second kappa shape index (κ2) is 9.95. The molecule has 0 radical (unpaired) electrons. The van der Waals surface area contributed by atoms with Gasteiger partial charge in [0.1, 0.15) is 18.3 Å². The van der Waals surface area contributed by atoms with E-state index in [1.807, 2.05) is 4.98 Å². The number of benzene rings is 1. The van der Waals surface area contributed by atoms with Crippen LogP contribution in [0.25, 0.3) is 22.6 Å². The van der Waals surface area contributed by atoms with E-state index in [1.165, 1.54) is 0 Å². The Balaban J connectivity index is 2.21. The average molecular weight is 536 g/mol. The smallest absolute Gasteiger partial charge is 0.394 e. The van der Waals surface area contributed by atoms with Crippen molar-refractivity contribution in [3.8, 4) is 11.5 Å². The van der Waals surface area contributed by atoms with Gasteiger partial charge in [0.25, 0.3) is 5.56 Å². The molecule has 3 rings (SSSR count). The molecule has 1 aromatic carbocycles. The molecule has 7 N–H and O–H groups in total.